The van der Waals surface area contributed by atoms with Gasteiger partial charge >= 0.3 is 0 Å². The van der Waals surface area contributed by atoms with Gasteiger partial charge in [-0.2, -0.15) is 5.26 Å². The van der Waals surface area contributed by atoms with E-state index in [0.717, 1.165) is 29.9 Å². The summed E-state index contributed by atoms with van der Waals surface area (Å²) in [7, 11) is 1.62. The van der Waals surface area contributed by atoms with E-state index in [1.54, 1.807) is 7.11 Å². The number of para-hydroxylation sites is 1. The van der Waals surface area contributed by atoms with Gasteiger partial charge < -0.3 is 9.64 Å². The van der Waals surface area contributed by atoms with E-state index in [0.29, 0.717) is 18.0 Å². The van der Waals surface area contributed by atoms with Crippen LogP contribution in [0.1, 0.15) is 30.7 Å². The lowest BCUT2D eigenvalue weighted by atomic mass is 10.0. The molecule has 0 fully saturated rings. The van der Waals surface area contributed by atoms with E-state index >= 15 is 0 Å². The van der Waals surface area contributed by atoms with Gasteiger partial charge in [-0.05, 0) is 12.1 Å². The summed E-state index contributed by atoms with van der Waals surface area (Å²) in [5.41, 5.74) is 3.68. The monoisotopic (exact) mass is 296 g/mol. The van der Waals surface area contributed by atoms with Crippen molar-refractivity contribution >= 4 is 5.69 Å². The number of hydrogen-bond donors (Lipinski definition) is 0. The van der Waals surface area contributed by atoms with E-state index in [1.807, 2.05) is 38.1 Å². The van der Waals surface area contributed by atoms with E-state index < -0.39 is 0 Å². The number of aromatic nitrogens is 2. The number of nitrogens with zero attached hydrogens (tertiary/aromatic N) is 4. The first-order valence-corrected chi connectivity index (χ1v) is 7.44. The first-order chi connectivity index (χ1) is 10.8. The van der Waals surface area contributed by atoms with Gasteiger partial charge in [-0.15, -0.1) is 0 Å². The van der Waals surface area contributed by atoms with E-state index in [1.165, 1.54) is 6.33 Å². The van der Waals surface area contributed by atoms with Crippen LogP contribution < -0.4 is 9.64 Å². The van der Waals surface area contributed by atoms with Crippen LogP contribution in [-0.4, -0.2) is 23.6 Å². The summed E-state index contributed by atoms with van der Waals surface area (Å²) in [6.07, 6.45) is 2.37. The van der Waals surface area contributed by atoms with E-state index in [9.17, 15) is 5.26 Å². The molecule has 0 amide bonds. The molecule has 22 heavy (non-hydrogen) atoms. The minimum absolute atomic E-state index is 0.620. The summed E-state index contributed by atoms with van der Waals surface area (Å²) >= 11 is 0. The van der Waals surface area contributed by atoms with Crippen LogP contribution in [0.15, 0.2) is 30.6 Å². The number of anilines is 1. The third kappa shape index (κ3) is 3.01. The number of fused-ring (bicyclic) bond motifs is 1. The highest BCUT2D eigenvalue weighted by Gasteiger charge is 2.23. The first-order valence-electron chi connectivity index (χ1n) is 7.44. The van der Waals surface area contributed by atoms with Gasteiger partial charge in [0.15, 0.2) is 0 Å². The van der Waals surface area contributed by atoms with Crippen molar-refractivity contribution in [3.63, 3.8) is 0 Å². The van der Waals surface area contributed by atoms with Gasteiger partial charge in [0.1, 0.15) is 12.4 Å². The lowest BCUT2D eigenvalue weighted by molar-refractivity contribution is 0.387. The molecule has 0 radical (unpaired) electrons. The van der Waals surface area contributed by atoms with Gasteiger partial charge in [0.25, 0.3) is 0 Å². The summed E-state index contributed by atoms with van der Waals surface area (Å²) in [6, 6.07) is 9.88. The molecule has 5 heteroatoms. The highest BCUT2D eigenvalue weighted by molar-refractivity contribution is 5.60. The van der Waals surface area contributed by atoms with Crippen LogP contribution in [0.4, 0.5) is 5.69 Å². The standard InChI is InChI=1S/C15H14N4O.C2H6/c1-20-15-12-9-19(7-6-13(12)17-10-18-15)14-5-3-2-4-11(14)8-16;1-2/h2-5,10H,6-7,9H2,1H3;1-2H3. The van der Waals surface area contributed by atoms with Crippen molar-refractivity contribution < 1.29 is 4.74 Å². The van der Waals surface area contributed by atoms with E-state index in [-0.39, 0.29) is 0 Å². The molecule has 0 saturated carbocycles. The maximum absolute atomic E-state index is 9.22. The molecule has 1 aromatic heterocycles. The molecule has 0 unspecified atom stereocenters. The maximum Gasteiger partial charge on any atom is 0.221 e. The topological polar surface area (TPSA) is 62.0 Å². The Balaban J connectivity index is 0.000000847. The van der Waals surface area contributed by atoms with Crippen LogP contribution in [0, 0.1) is 11.3 Å². The first kappa shape index (κ1) is 15.8. The van der Waals surface area contributed by atoms with Crippen LogP contribution in [0.3, 0.4) is 0 Å². The zero-order valence-corrected chi connectivity index (χ0v) is 13.2. The molecular weight excluding hydrogens is 276 g/mol. The molecule has 1 aliphatic heterocycles. The molecule has 2 aromatic rings. The molecule has 114 valence electrons. The quantitative estimate of drug-likeness (QED) is 0.852. The fourth-order valence-electron chi connectivity index (χ4n) is 2.54. The second-order valence-corrected chi connectivity index (χ2v) is 4.61. The normalized spacial score (nSPS) is 12.5. The van der Waals surface area contributed by atoms with Crippen molar-refractivity contribution in [3.8, 4) is 11.9 Å². The average molecular weight is 296 g/mol. The van der Waals surface area contributed by atoms with Crippen LogP contribution in [0.5, 0.6) is 5.88 Å². The average Bonchev–Trinajstić information content (AvgIpc) is 2.62. The van der Waals surface area contributed by atoms with Crippen molar-refractivity contribution in [1.29, 1.82) is 5.26 Å². The van der Waals surface area contributed by atoms with Crippen molar-refractivity contribution in [2.45, 2.75) is 26.8 Å². The van der Waals surface area contributed by atoms with E-state index in [4.69, 9.17) is 4.74 Å². The number of nitriles is 1. The number of hydrogen-bond acceptors (Lipinski definition) is 5. The highest BCUT2D eigenvalue weighted by atomic mass is 16.5. The summed E-state index contributed by atoms with van der Waals surface area (Å²) < 4.78 is 5.31. The maximum atomic E-state index is 9.22. The van der Waals surface area contributed by atoms with Gasteiger partial charge in [-0.25, -0.2) is 9.97 Å². The third-order valence-corrected chi connectivity index (χ3v) is 3.52. The molecule has 0 N–H and O–H groups in total. The summed E-state index contributed by atoms with van der Waals surface area (Å²) in [6.45, 7) is 5.50. The van der Waals surface area contributed by atoms with Gasteiger partial charge in [-0.3, -0.25) is 0 Å². The Bertz CT molecular complexity index is 664. The Morgan fingerprint density at radius 1 is 1.23 bits per heavy atom. The highest BCUT2D eigenvalue weighted by Crippen LogP contribution is 2.29. The zero-order valence-electron chi connectivity index (χ0n) is 13.2. The fourth-order valence-corrected chi connectivity index (χ4v) is 2.54. The molecule has 0 bridgehead atoms. The minimum Gasteiger partial charge on any atom is -0.481 e. The summed E-state index contributed by atoms with van der Waals surface area (Å²) in [5, 5.41) is 9.22. The molecule has 0 aliphatic carbocycles. The smallest absolute Gasteiger partial charge is 0.221 e. The van der Waals surface area contributed by atoms with Gasteiger partial charge in [0.05, 0.1) is 36.2 Å². The Morgan fingerprint density at radius 2 is 2.00 bits per heavy atom. The van der Waals surface area contributed by atoms with Crippen molar-refractivity contribution in [2.24, 2.45) is 0 Å². The number of methoxy groups -OCH3 is 1. The SMILES string of the molecule is CC.COc1ncnc2c1CN(c1ccccc1C#N)CC2. The van der Waals surface area contributed by atoms with Gasteiger partial charge in [-0.1, -0.05) is 26.0 Å². The van der Waals surface area contributed by atoms with Crippen molar-refractivity contribution in [2.75, 3.05) is 18.6 Å². The lowest BCUT2D eigenvalue weighted by Gasteiger charge is -2.31. The Kier molecular flexibility index (Phi) is 5.31. The lowest BCUT2D eigenvalue weighted by Crippen LogP contribution is -2.32. The minimum atomic E-state index is 0.620. The predicted molar refractivity (Wildman–Crippen MR) is 85.8 cm³/mol. The van der Waals surface area contributed by atoms with Gasteiger partial charge in [0, 0.05) is 13.0 Å². The molecule has 1 aliphatic rings. The van der Waals surface area contributed by atoms with Crippen LogP contribution >= 0.6 is 0 Å². The molecule has 2 heterocycles. The molecule has 0 saturated heterocycles. The Hall–Kier alpha value is -2.61. The van der Waals surface area contributed by atoms with Gasteiger partial charge in [0.2, 0.25) is 5.88 Å². The largest absolute Gasteiger partial charge is 0.481 e. The number of ether oxygens (including phenoxy) is 1. The molecule has 0 atom stereocenters. The third-order valence-electron chi connectivity index (χ3n) is 3.52. The Morgan fingerprint density at radius 3 is 2.73 bits per heavy atom. The molecule has 3 rings (SSSR count). The molecule has 0 spiro atoms. The van der Waals surface area contributed by atoms with Crippen LogP contribution in [-0.2, 0) is 13.0 Å². The second-order valence-electron chi connectivity index (χ2n) is 4.61. The molecule has 5 nitrogen and oxygen atoms in total. The number of benzene rings is 1. The Labute approximate surface area is 131 Å². The van der Waals surface area contributed by atoms with Crippen LogP contribution in [0.2, 0.25) is 0 Å². The van der Waals surface area contributed by atoms with Crippen LogP contribution in [0.25, 0.3) is 0 Å². The predicted octanol–water partition coefficient (Wildman–Crippen LogP) is 2.95. The zero-order chi connectivity index (χ0) is 15.9. The van der Waals surface area contributed by atoms with E-state index in [2.05, 4.69) is 20.9 Å². The van der Waals surface area contributed by atoms with Crippen molar-refractivity contribution in [1.82, 2.24) is 9.97 Å². The van der Waals surface area contributed by atoms with Crippen molar-refractivity contribution in [3.05, 3.63) is 47.4 Å². The summed E-state index contributed by atoms with van der Waals surface area (Å²) in [4.78, 5) is 10.6. The summed E-state index contributed by atoms with van der Waals surface area (Å²) in [5.74, 6) is 0.620. The second kappa shape index (κ2) is 7.41. The molecular formula is C17H20N4O. The number of rotatable bonds is 2. The fraction of sp³-hybridized carbons (Fsp3) is 0.353. The molecule has 1 aromatic carbocycles.